The molecular weight excluding hydrogens is 208 g/mol. The molecule has 0 aliphatic carbocycles. The third kappa shape index (κ3) is 2.98. The van der Waals surface area contributed by atoms with Crippen molar-refractivity contribution in [2.75, 3.05) is 18.4 Å². The Morgan fingerprint density at radius 2 is 1.82 bits per heavy atom. The monoisotopic (exact) mass is 228 g/mol. The number of aryl methyl sites for hydroxylation is 1. The summed E-state index contributed by atoms with van der Waals surface area (Å²) in [5.74, 6) is 0.503. The summed E-state index contributed by atoms with van der Waals surface area (Å²) >= 11 is 0. The molecule has 1 atom stereocenters. The lowest BCUT2D eigenvalue weighted by Crippen LogP contribution is -2.19. The Balaban J connectivity index is 2.17. The first-order valence-corrected chi connectivity index (χ1v) is 6.13. The molecule has 0 radical (unpaired) electrons. The summed E-state index contributed by atoms with van der Waals surface area (Å²) in [6.07, 6.45) is 0. The molecule has 2 rings (SSSR count). The van der Waals surface area contributed by atoms with Crippen molar-refractivity contribution >= 4 is 16.5 Å². The van der Waals surface area contributed by atoms with E-state index in [4.69, 9.17) is 5.73 Å². The van der Waals surface area contributed by atoms with Gasteiger partial charge in [0.05, 0.1) is 0 Å². The maximum atomic E-state index is 5.60. The predicted octanol–water partition coefficient (Wildman–Crippen LogP) is 3.15. The molecule has 1 unspecified atom stereocenters. The fraction of sp³-hybridized carbons (Fsp3) is 0.333. The van der Waals surface area contributed by atoms with E-state index in [1.165, 1.54) is 22.0 Å². The Hall–Kier alpha value is -1.54. The van der Waals surface area contributed by atoms with Crippen molar-refractivity contribution in [3.63, 3.8) is 0 Å². The van der Waals surface area contributed by atoms with E-state index in [1.807, 2.05) is 0 Å². The molecule has 2 aromatic rings. The Morgan fingerprint density at radius 3 is 2.59 bits per heavy atom. The van der Waals surface area contributed by atoms with Gasteiger partial charge in [0.15, 0.2) is 0 Å². The first kappa shape index (κ1) is 11.9. The summed E-state index contributed by atoms with van der Waals surface area (Å²) in [6.45, 7) is 5.92. The zero-order valence-electron chi connectivity index (χ0n) is 10.5. The predicted molar refractivity (Wildman–Crippen MR) is 75.4 cm³/mol. The molecular formula is C15H20N2. The van der Waals surface area contributed by atoms with Gasteiger partial charge in [0.2, 0.25) is 0 Å². The lowest BCUT2D eigenvalue weighted by Gasteiger charge is -2.12. The van der Waals surface area contributed by atoms with Gasteiger partial charge in [-0.2, -0.15) is 0 Å². The molecule has 0 bridgehead atoms. The number of benzene rings is 2. The van der Waals surface area contributed by atoms with E-state index in [1.54, 1.807) is 0 Å². The molecule has 0 aliphatic heterocycles. The van der Waals surface area contributed by atoms with Gasteiger partial charge in [-0.05, 0) is 42.3 Å². The van der Waals surface area contributed by atoms with Gasteiger partial charge in [-0.3, -0.25) is 0 Å². The number of nitrogens with one attached hydrogen (secondary N) is 1. The van der Waals surface area contributed by atoms with Crippen molar-refractivity contribution in [2.24, 2.45) is 11.7 Å². The minimum atomic E-state index is 0.503. The van der Waals surface area contributed by atoms with E-state index in [2.05, 4.69) is 55.6 Å². The van der Waals surface area contributed by atoms with Crippen molar-refractivity contribution in [3.05, 3.63) is 42.0 Å². The highest BCUT2D eigenvalue weighted by Gasteiger charge is 2.00. The molecule has 0 spiro atoms. The molecule has 2 heteroatoms. The molecule has 2 nitrogen and oxygen atoms in total. The van der Waals surface area contributed by atoms with Gasteiger partial charge in [0.25, 0.3) is 0 Å². The van der Waals surface area contributed by atoms with Gasteiger partial charge in [0, 0.05) is 12.2 Å². The van der Waals surface area contributed by atoms with Crippen LogP contribution in [0.2, 0.25) is 0 Å². The van der Waals surface area contributed by atoms with Crippen LogP contribution in [0.25, 0.3) is 10.8 Å². The molecule has 2 aromatic carbocycles. The van der Waals surface area contributed by atoms with Gasteiger partial charge < -0.3 is 11.1 Å². The van der Waals surface area contributed by atoms with Gasteiger partial charge in [-0.1, -0.05) is 36.8 Å². The second kappa shape index (κ2) is 5.19. The second-order valence-corrected chi connectivity index (χ2v) is 4.79. The number of rotatable bonds is 4. The van der Waals surface area contributed by atoms with Crippen molar-refractivity contribution < 1.29 is 0 Å². The normalized spacial score (nSPS) is 12.6. The Kier molecular flexibility index (Phi) is 3.64. The van der Waals surface area contributed by atoms with Gasteiger partial charge >= 0.3 is 0 Å². The van der Waals surface area contributed by atoms with Crippen LogP contribution in [0.3, 0.4) is 0 Å². The van der Waals surface area contributed by atoms with Crippen LogP contribution in [0.5, 0.6) is 0 Å². The van der Waals surface area contributed by atoms with Crippen LogP contribution in [0.1, 0.15) is 12.5 Å². The highest BCUT2D eigenvalue weighted by Crippen LogP contribution is 2.20. The number of hydrogen-bond donors (Lipinski definition) is 2. The molecule has 90 valence electrons. The smallest absolute Gasteiger partial charge is 0.0346 e. The lowest BCUT2D eigenvalue weighted by molar-refractivity contribution is 0.628. The quantitative estimate of drug-likeness (QED) is 0.843. The van der Waals surface area contributed by atoms with Crippen molar-refractivity contribution in [3.8, 4) is 0 Å². The molecule has 0 aliphatic rings. The summed E-state index contributed by atoms with van der Waals surface area (Å²) in [6, 6.07) is 13.0. The summed E-state index contributed by atoms with van der Waals surface area (Å²) in [5, 5.41) is 5.99. The second-order valence-electron chi connectivity index (χ2n) is 4.79. The standard InChI is InChI=1S/C15H20N2/c1-11-3-4-14-8-15(6-5-13(14)7-11)17-10-12(2)9-16/h3-8,12,17H,9-10,16H2,1-2H3. The van der Waals surface area contributed by atoms with Crippen LogP contribution in [0.15, 0.2) is 36.4 Å². The zero-order valence-corrected chi connectivity index (χ0v) is 10.5. The van der Waals surface area contributed by atoms with E-state index < -0.39 is 0 Å². The molecule has 0 aromatic heterocycles. The molecule has 17 heavy (non-hydrogen) atoms. The number of anilines is 1. The average Bonchev–Trinajstić information content (AvgIpc) is 2.35. The minimum absolute atomic E-state index is 0.503. The van der Waals surface area contributed by atoms with Gasteiger partial charge in [-0.25, -0.2) is 0 Å². The van der Waals surface area contributed by atoms with Crippen LogP contribution in [0, 0.1) is 12.8 Å². The first-order chi connectivity index (χ1) is 8.19. The Morgan fingerprint density at radius 1 is 1.12 bits per heavy atom. The summed E-state index contributed by atoms with van der Waals surface area (Å²) in [4.78, 5) is 0. The van der Waals surface area contributed by atoms with E-state index in [0.717, 1.165) is 13.1 Å². The molecule has 0 amide bonds. The maximum Gasteiger partial charge on any atom is 0.0346 e. The van der Waals surface area contributed by atoms with Gasteiger partial charge in [-0.15, -0.1) is 0 Å². The van der Waals surface area contributed by atoms with E-state index in [0.29, 0.717) is 5.92 Å². The fourth-order valence-corrected chi connectivity index (χ4v) is 1.85. The van der Waals surface area contributed by atoms with Crippen LogP contribution in [0.4, 0.5) is 5.69 Å². The molecule has 0 saturated heterocycles. The molecule has 3 N–H and O–H groups in total. The highest BCUT2D eigenvalue weighted by atomic mass is 14.9. The molecule has 0 heterocycles. The maximum absolute atomic E-state index is 5.60. The highest BCUT2D eigenvalue weighted by molar-refractivity contribution is 5.86. The summed E-state index contributed by atoms with van der Waals surface area (Å²) in [5.41, 5.74) is 8.07. The van der Waals surface area contributed by atoms with Crippen molar-refractivity contribution in [2.45, 2.75) is 13.8 Å². The fourth-order valence-electron chi connectivity index (χ4n) is 1.85. The minimum Gasteiger partial charge on any atom is -0.385 e. The topological polar surface area (TPSA) is 38.0 Å². The first-order valence-electron chi connectivity index (χ1n) is 6.13. The lowest BCUT2D eigenvalue weighted by atomic mass is 10.1. The zero-order chi connectivity index (χ0) is 12.3. The number of fused-ring (bicyclic) bond motifs is 1. The number of hydrogen-bond acceptors (Lipinski definition) is 2. The van der Waals surface area contributed by atoms with Crippen molar-refractivity contribution in [1.29, 1.82) is 0 Å². The third-order valence-electron chi connectivity index (χ3n) is 3.05. The van der Waals surface area contributed by atoms with E-state index >= 15 is 0 Å². The Bertz CT molecular complexity index is 505. The van der Waals surface area contributed by atoms with Crippen LogP contribution in [-0.4, -0.2) is 13.1 Å². The SMILES string of the molecule is Cc1ccc2cc(NCC(C)CN)ccc2c1. The molecule has 0 fully saturated rings. The van der Waals surface area contributed by atoms with E-state index in [-0.39, 0.29) is 0 Å². The third-order valence-corrected chi connectivity index (χ3v) is 3.05. The summed E-state index contributed by atoms with van der Waals surface area (Å²) < 4.78 is 0. The van der Waals surface area contributed by atoms with Gasteiger partial charge in [0.1, 0.15) is 0 Å². The summed E-state index contributed by atoms with van der Waals surface area (Å²) in [7, 11) is 0. The van der Waals surface area contributed by atoms with Crippen LogP contribution < -0.4 is 11.1 Å². The number of nitrogens with two attached hydrogens (primary N) is 1. The van der Waals surface area contributed by atoms with Crippen LogP contribution in [-0.2, 0) is 0 Å². The average molecular weight is 228 g/mol. The molecule has 0 saturated carbocycles. The Labute approximate surface area is 103 Å². The van der Waals surface area contributed by atoms with Crippen LogP contribution >= 0.6 is 0 Å². The largest absolute Gasteiger partial charge is 0.385 e. The van der Waals surface area contributed by atoms with Crippen molar-refractivity contribution in [1.82, 2.24) is 0 Å². The van der Waals surface area contributed by atoms with E-state index in [9.17, 15) is 0 Å².